The molecule has 1 aromatic rings. The van der Waals surface area contributed by atoms with E-state index < -0.39 is 24.1 Å². The Bertz CT molecular complexity index is 914. The van der Waals surface area contributed by atoms with E-state index >= 15 is 0 Å². The van der Waals surface area contributed by atoms with E-state index in [1.807, 2.05) is 0 Å². The van der Waals surface area contributed by atoms with Crippen molar-refractivity contribution < 1.29 is 28.3 Å². The molecule has 2 amide bonds. The summed E-state index contributed by atoms with van der Waals surface area (Å²) in [5.74, 6) is -1.21. The van der Waals surface area contributed by atoms with Crippen molar-refractivity contribution in [3.8, 4) is 0 Å². The number of rotatable bonds is 7. The Kier molecular flexibility index (Phi) is 6.61. The lowest BCUT2D eigenvalue weighted by molar-refractivity contribution is -0.126. The molecule has 0 bridgehead atoms. The standard InChI is InChI=1S/C21H24FN3O5/c1-12(26)7-20(28)19-8-14(5-6-23-19)17-4-3-15(9-18(17)22)25-11-16(30-21(25)29)10-24-13(2)27/h3-4,8-9,16,19,23H,5-7,10-11H2,1-2H3,(H,24,27)/t16-,19?/m0/s1. The van der Waals surface area contributed by atoms with E-state index in [0.717, 1.165) is 0 Å². The molecular weight excluding hydrogens is 393 g/mol. The summed E-state index contributed by atoms with van der Waals surface area (Å²) < 4.78 is 20.1. The number of ketones is 2. The van der Waals surface area contributed by atoms with Crippen molar-refractivity contribution in [2.45, 2.75) is 38.8 Å². The molecule has 2 atom stereocenters. The number of hydrogen-bond donors (Lipinski definition) is 2. The van der Waals surface area contributed by atoms with E-state index in [0.29, 0.717) is 29.8 Å². The molecule has 0 aliphatic carbocycles. The van der Waals surface area contributed by atoms with Gasteiger partial charge in [-0.05, 0) is 37.1 Å². The van der Waals surface area contributed by atoms with Gasteiger partial charge >= 0.3 is 6.09 Å². The average Bonchev–Trinajstić information content (AvgIpc) is 3.06. The molecule has 2 heterocycles. The summed E-state index contributed by atoms with van der Waals surface area (Å²) in [7, 11) is 0. The maximum Gasteiger partial charge on any atom is 0.414 e. The fraction of sp³-hybridized carbons (Fsp3) is 0.429. The van der Waals surface area contributed by atoms with Crippen LogP contribution in [0.3, 0.4) is 0 Å². The number of ether oxygens (including phenoxy) is 1. The molecule has 0 aromatic heterocycles. The summed E-state index contributed by atoms with van der Waals surface area (Å²) in [5.41, 5.74) is 1.38. The maximum atomic E-state index is 14.9. The van der Waals surface area contributed by atoms with Gasteiger partial charge in [0.05, 0.1) is 31.2 Å². The van der Waals surface area contributed by atoms with Gasteiger partial charge in [0.15, 0.2) is 5.78 Å². The van der Waals surface area contributed by atoms with Crippen LogP contribution in [0, 0.1) is 5.82 Å². The largest absolute Gasteiger partial charge is 0.442 e. The van der Waals surface area contributed by atoms with E-state index in [1.54, 1.807) is 18.2 Å². The zero-order valence-corrected chi connectivity index (χ0v) is 16.9. The Morgan fingerprint density at radius 1 is 1.30 bits per heavy atom. The second-order valence-corrected chi connectivity index (χ2v) is 7.44. The van der Waals surface area contributed by atoms with Crippen molar-refractivity contribution in [3.63, 3.8) is 0 Å². The lowest BCUT2D eigenvalue weighted by atomic mass is 9.94. The minimum Gasteiger partial charge on any atom is -0.442 e. The fourth-order valence-electron chi connectivity index (χ4n) is 3.52. The number of benzene rings is 1. The first-order valence-corrected chi connectivity index (χ1v) is 9.73. The highest BCUT2D eigenvalue weighted by atomic mass is 19.1. The number of cyclic esters (lactones) is 1. The fourth-order valence-corrected chi connectivity index (χ4v) is 3.52. The van der Waals surface area contributed by atoms with Crippen molar-refractivity contribution in [1.82, 2.24) is 10.6 Å². The van der Waals surface area contributed by atoms with Crippen LogP contribution in [0.1, 0.15) is 32.3 Å². The molecule has 2 aliphatic rings. The third-order valence-corrected chi connectivity index (χ3v) is 4.96. The number of amides is 2. The zero-order valence-electron chi connectivity index (χ0n) is 16.9. The summed E-state index contributed by atoms with van der Waals surface area (Å²) in [4.78, 5) is 47.8. The summed E-state index contributed by atoms with van der Waals surface area (Å²) in [6.07, 6.45) is 0.905. The number of anilines is 1. The van der Waals surface area contributed by atoms with E-state index in [9.17, 15) is 23.6 Å². The van der Waals surface area contributed by atoms with Crippen molar-refractivity contribution >= 4 is 34.8 Å². The van der Waals surface area contributed by atoms with E-state index in [1.165, 1.54) is 24.8 Å². The minimum absolute atomic E-state index is 0.167. The van der Waals surface area contributed by atoms with Crippen LogP contribution >= 0.6 is 0 Å². The van der Waals surface area contributed by atoms with Crippen LogP contribution in [0.5, 0.6) is 0 Å². The van der Waals surface area contributed by atoms with Gasteiger partial charge in [-0.2, -0.15) is 0 Å². The third-order valence-electron chi connectivity index (χ3n) is 4.96. The van der Waals surface area contributed by atoms with Crippen LogP contribution in [-0.2, 0) is 19.1 Å². The normalized spacial score (nSPS) is 21.1. The molecule has 1 fully saturated rings. The highest BCUT2D eigenvalue weighted by Gasteiger charge is 2.33. The lowest BCUT2D eigenvalue weighted by Crippen LogP contribution is -2.39. The number of nitrogens with zero attached hydrogens (tertiary/aromatic N) is 1. The number of nitrogens with one attached hydrogen (secondary N) is 2. The van der Waals surface area contributed by atoms with Gasteiger partial charge in [0.2, 0.25) is 5.91 Å². The molecule has 1 saturated heterocycles. The van der Waals surface area contributed by atoms with Crippen molar-refractivity contribution in [1.29, 1.82) is 0 Å². The van der Waals surface area contributed by atoms with Crippen LogP contribution in [0.4, 0.5) is 14.9 Å². The Labute approximate surface area is 173 Å². The summed E-state index contributed by atoms with van der Waals surface area (Å²) >= 11 is 0. The molecule has 160 valence electrons. The summed E-state index contributed by atoms with van der Waals surface area (Å²) in [5, 5.41) is 5.62. The topological polar surface area (TPSA) is 105 Å². The Morgan fingerprint density at radius 3 is 2.73 bits per heavy atom. The predicted molar refractivity (Wildman–Crippen MR) is 107 cm³/mol. The number of carbonyl (C=O) groups excluding carboxylic acids is 4. The molecule has 2 aliphatic heterocycles. The molecular formula is C21H24FN3O5. The van der Waals surface area contributed by atoms with Gasteiger partial charge < -0.3 is 15.4 Å². The lowest BCUT2D eigenvalue weighted by Gasteiger charge is -2.23. The highest BCUT2D eigenvalue weighted by molar-refractivity contribution is 6.02. The molecule has 8 nitrogen and oxygen atoms in total. The quantitative estimate of drug-likeness (QED) is 0.653. The van der Waals surface area contributed by atoms with Crippen molar-refractivity contribution in [2.24, 2.45) is 0 Å². The second kappa shape index (κ2) is 9.17. The molecule has 2 N–H and O–H groups in total. The summed E-state index contributed by atoms with van der Waals surface area (Å²) in [6, 6.07) is 3.82. The van der Waals surface area contributed by atoms with Crippen molar-refractivity contribution in [2.75, 3.05) is 24.5 Å². The Hall–Kier alpha value is -3.07. The number of hydrogen-bond acceptors (Lipinski definition) is 6. The van der Waals surface area contributed by atoms with E-state index in [2.05, 4.69) is 10.6 Å². The second-order valence-electron chi connectivity index (χ2n) is 7.44. The molecule has 0 saturated carbocycles. The number of halogens is 1. The SMILES string of the molecule is CC(=O)CC(=O)C1C=C(c2ccc(N3C[C@H](CNC(C)=O)OC3=O)cc2F)CCN1. The predicted octanol–water partition coefficient (Wildman–Crippen LogP) is 1.58. The smallest absolute Gasteiger partial charge is 0.414 e. The zero-order chi connectivity index (χ0) is 21.8. The first-order chi connectivity index (χ1) is 14.2. The van der Waals surface area contributed by atoms with Crippen molar-refractivity contribution in [3.05, 3.63) is 35.7 Å². The average molecular weight is 417 g/mol. The highest BCUT2D eigenvalue weighted by Crippen LogP contribution is 2.29. The van der Waals surface area contributed by atoms with Crippen LogP contribution < -0.4 is 15.5 Å². The van der Waals surface area contributed by atoms with Gasteiger partial charge in [-0.3, -0.25) is 19.3 Å². The third kappa shape index (κ3) is 5.10. The van der Waals surface area contributed by atoms with E-state index in [4.69, 9.17) is 4.74 Å². The van der Waals surface area contributed by atoms with Gasteiger partial charge in [-0.1, -0.05) is 6.08 Å². The number of Topliss-reactive ketones (excluding diaryl/α,β-unsaturated/α-hetero) is 2. The minimum atomic E-state index is -0.625. The summed E-state index contributed by atoms with van der Waals surface area (Å²) in [6.45, 7) is 3.61. The molecule has 1 unspecified atom stereocenters. The number of carbonyl (C=O) groups is 4. The van der Waals surface area contributed by atoms with E-state index in [-0.39, 0.29) is 37.0 Å². The van der Waals surface area contributed by atoms with Crippen LogP contribution in [0.25, 0.3) is 5.57 Å². The Balaban J connectivity index is 1.74. The molecule has 9 heteroatoms. The van der Waals surface area contributed by atoms with Crippen LogP contribution in [0.2, 0.25) is 0 Å². The van der Waals surface area contributed by atoms with Crippen LogP contribution in [-0.4, -0.2) is 55.3 Å². The van der Waals surface area contributed by atoms with Gasteiger partial charge in [0.25, 0.3) is 0 Å². The van der Waals surface area contributed by atoms with Gasteiger partial charge in [-0.25, -0.2) is 9.18 Å². The van der Waals surface area contributed by atoms with Crippen LogP contribution in [0.15, 0.2) is 24.3 Å². The maximum absolute atomic E-state index is 14.9. The van der Waals surface area contributed by atoms with Gasteiger partial charge in [0.1, 0.15) is 17.7 Å². The molecule has 0 radical (unpaired) electrons. The van der Waals surface area contributed by atoms with Gasteiger partial charge in [-0.15, -0.1) is 0 Å². The van der Waals surface area contributed by atoms with Gasteiger partial charge in [0, 0.05) is 19.0 Å². The molecule has 3 rings (SSSR count). The molecule has 1 aromatic carbocycles. The Morgan fingerprint density at radius 2 is 2.07 bits per heavy atom. The molecule has 0 spiro atoms. The molecule has 30 heavy (non-hydrogen) atoms. The first kappa shape index (κ1) is 21.6. The first-order valence-electron chi connectivity index (χ1n) is 9.73. The monoisotopic (exact) mass is 417 g/mol.